The lowest BCUT2D eigenvalue weighted by atomic mass is 10.1. The molecule has 5 nitrogen and oxygen atoms in total. The van der Waals surface area contributed by atoms with Gasteiger partial charge in [-0.2, -0.15) is 13.2 Å². The van der Waals surface area contributed by atoms with Crippen LogP contribution in [0.3, 0.4) is 0 Å². The molecule has 10 heteroatoms. The van der Waals surface area contributed by atoms with Gasteiger partial charge in [0, 0.05) is 16.4 Å². The fourth-order valence-electron chi connectivity index (χ4n) is 3.87. The molecule has 2 aromatic carbocycles. The summed E-state index contributed by atoms with van der Waals surface area (Å²) in [7, 11) is -3.46. The van der Waals surface area contributed by atoms with Crippen molar-refractivity contribution >= 4 is 38.8 Å². The average molecular weight is 445 g/mol. The highest BCUT2D eigenvalue weighted by atomic mass is 35.5. The summed E-state index contributed by atoms with van der Waals surface area (Å²) in [6, 6.07) is 7.21. The maximum absolute atomic E-state index is 13.2. The Balaban J connectivity index is 1.81. The summed E-state index contributed by atoms with van der Waals surface area (Å²) in [5, 5.41) is 0.408. The number of rotatable bonds is 2. The molecule has 0 spiro atoms. The largest absolute Gasteiger partial charge is 0.416 e. The summed E-state index contributed by atoms with van der Waals surface area (Å²) in [6.45, 7) is 1.79. The van der Waals surface area contributed by atoms with Crippen LogP contribution in [0.2, 0.25) is 5.02 Å². The van der Waals surface area contributed by atoms with E-state index in [0.29, 0.717) is 10.7 Å². The van der Waals surface area contributed by atoms with Gasteiger partial charge in [0.25, 0.3) is 0 Å². The van der Waals surface area contributed by atoms with Crippen LogP contribution in [0.5, 0.6) is 0 Å². The van der Waals surface area contributed by atoms with Crippen molar-refractivity contribution in [3.05, 3.63) is 58.6 Å². The normalized spacial score (nSPS) is 23.6. The number of sulfone groups is 1. The van der Waals surface area contributed by atoms with Crippen molar-refractivity contribution in [1.29, 1.82) is 0 Å². The SMILES string of the molecule is Cc1ccc(N2C(=O)N(c3cccc(C(F)(F)F)c3)[C@H]3CS(=O)(=O)C[C@H]32)cc1Cl. The Morgan fingerprint density at radius 3 is 2.14 bits per heavy atom. The van der Waals surface area contributed by atoms with Gasteiger partial charge in [-0.1, -0.05) is 23.7 Å². The van der Waals surface area contributed by atoms with Gasteiger partial charge >= 0.3 is 12.2 Å². The Bertz CT molecular complexity index is 1100. The molecule has 0 saturated carbocycles. The zero-order chi connectivity index (χ0) is 21.1. The molecule has 2 fully saturated rings. The monoisotopic (exact) mass is 444 g/mol. The predicted octanol–water partition coefficient (Wildman–Crippen LogP) is 4.28. The van der Waals surface area contributed by atoms with E-state index in [1.807, 2.05) is 0 Å². The number of amides is 2. The van der Waals surface area contributed by atoms with Crippen molar-refractivity contribution in [1.82, 2.24) is 0 Å². The first-order valence-electron chi connectivity index (χ1n) is 8.74. The molecule has 0 bridgehead atoms. The number of carbonyl (C=O) groups excluding carboxylic acids is 1. The standard InChI is InChI=1S/C19H16ClF3N2O3S/c1-11-5-6-14(8-15(11)20)25-17-10-29(27,28)9-16(17)24(18(25)26)13-4-2-3-12(7-13)19(21,22)23/h2-8,16-17H,9-10H2,1H3/t16-,17+/m0/s1. The maximum Gasteiger partial charge on any atom is 0.416 e. The van der Waals surface area contributed by atoms with E-state index in [1.165, 1.54) is 17.0 Å². The smallest absolute Gasteiger partial charge is 0.288 e. The molecule has 0 radical (unpaired) electrons. The van der Waals surface area contributed by atoms with Crippen molar-refractivity contribution in [2.24, 2.45) is 0 Å². The zero-order valence-corrected chi connectivity index (χ0v) is 16.7. The van der Waals surface area contributed by atoms with Crippen LogP contribution in [-0.2, 0) is 16.0 Å². The molecule has 0 N–H and O–H groups in total. The molecule has 2 aromatic rings. The highest BCUT2D eigenvalue weighted by Crippen LogP contribution is 2.40. The Labute approximate surface area is 170 Å². The van der Waals surface area contributed by atoms with Crippen LogP contribution in [-0.4, -0.2) is 38.0 Å². The molecule has 2 amide bonds. The summed E-state index contributed by atoms with van der Waals surface area (Å²) in [5.41, 5.74) is 0.300. The minimum atomic E-state index is -4.58. The molecule has 2 saturated heterocycles. The number of hydrogen-bond acceptors (Lipinski definition) is 3. The van der Waals surface area contributed by atoms with E-state index in [1.54, 1.807) is 25.1 Å². The lowest BCUT2D eigenvalue weighted by Gasteiger charge is -2.23. The number of nitrogens with zero attached hydrogens (tertiary/aromatic N) is 2. The van der Waals surface area contributed by atoms with Gasteiger partial charge in [0.15, 0.2) is 9.84 Å². The molecular formula is C19H16ClF3N2O3S. The van der Waals surface area contributed by atoms with E-state index in [9.17, 15) is 26.4 Å². The summed E-state index contributed by atoms with van der Waals surface area (Å²) in [4.78, 5) is 15.7. The average Bonchev–Trinajstić information content (AvgIpc) is 3.05. The van der Waals surface area contributed by atoms with E-state index >= 15 is 0 Å². The van der Waals surface area contributed by atoms with Crippen LogP contribution in [0.25, 0.3) is 0 Å². The van der Waals surface area contributed by atoms with Gasteiger partial charge in [0.1, 0.15) is 0 Å². The van der Waals surface area contributed by atoms with E-state index in [2.05, 4.69) is 0 Å². The first kappa shape index (κ1) is 20.0. The number of fused-ring (bicyclic) bond motifs is 1. The fourth-order valence-corrected chi connectivity index (χ4v) is 5.97. The molecule has 0 unspecified atom stereocenters. The molecule has 2 aliphatic heterocycles. The lowest BCUT2D eigenvalue weighted by Crippen LogP contribution is -2.38. The van der Waals surface area contributed by atoms with Crippen LogP contribution in [0, 0.1) is 6.92 Å². The van der Waals surface area contributed by atoms with Crippen molar-refractivity contribution in [3.63, 3.8) is 0 Å². The number of carbonyl (C=O) groups is 1. The molecule has 2 heterocycles. The number of anilines is 2. The van der Waals surface area contributed by atoms with Gasteiger partial charge in [-0.3, -0.25) is 9.80 Å². The number of aryl methyl sites for hydroxylation is 1. The first-order chi connectivity index (χ1) is 13.5. The van der Waals surface area contributed by atoms with Gasteiger partial charge in [-0.15, -0.1) is 0 Å². The second-order valence-electron chi connectivity index (χ2n) is 7.22. The predicted molar refractivity (Wildman–Crippen MR) is 104 cm³/mol. The number of benzene rings is 2. The van der Waals surface area contributed by atoms with Crippen molar-refractivity contribution in [3.8, 4) is 0 Å². The van der Waals surface area contributed by atoms with E-state index in [4.69, 9.17) is 11.6 Å². The third-order valence-electron chi connectivity index (χ3n) is 5.25. The molecule has 29 heavy (non-hydrogen) atoms. The molecule has 154 valence electrons. The molecule has 0 aromatic heterocycles. The second-order valence-corrected chi connectivity index (χ2v) is 9.78. The number of hydrogen-bond donors (Lipinski definition) is 0. The molecule has 0 aliphatic carbocycles. The number of halogens is 4. The van der Waals surface area contributed by atoms with Crippen molar-refractivity contribution < 1.29 is 26.4 Å². The van der Waals surface area contributed by atoms with Gasteiger partial charge < -0.3 is 0 Å². The van der Waals surface area contributed by atoms with Gasteiger partial charge in [0.2, 0.25) is 0 Å². The Hall–Kier alpha value is -2.26. The minimum absolute atomic E-state index is 0.0117. The van der Waals surface area contributed by atoms with Crippen molar-refractivity contribution in [2.75, 3.05) is 21.3 Å². The van der Waals surface area contributed by atoms with Crippen molar-refractivity contribution in [2.45, 2.75) is 25.2 Å². The molecule has 2 aliphatic rings. The molecule has 4 rings (SSSR count). The first-order valence-corrected chi connectivity index (χ1v) is 10.9. The Kier molecular flexibility index (Phi) is 4.58. The van der Waals surface area contributed by atoms with Crippen LogP contribution in [0.15, 0.2) is 42.5 Å². The van der Waals surface area contributed by atoms with Gasteiger partial charge in [-0.25, -0.2) is 13.2 Å². The second kappa shape index (κ2) is 6.63. The summed E-state index contributed by atoms with van der Waals surface area (Å²) in [5.74, 6) is -0.569. The Morgan fingerprint density at radius 2 is 1.59 bits per heavy atom. The number of alkyl halides is 3. The Morgan fingerprint density at radius 1 is 1.00 bits per heavy atom. The van der Waals surface area contributed by atoms with E-state index in [0.717, 1.165) is 22.6 Å². The van der Waals surface area contributed by atoms with Gasteiger partial charge in [0.05, 0.1) is 29.2 Å². The van der Waals surface area contributed by atoms with Crippen LogP contribution in [0.4, 0.5) is 29.3 Å². The quantitative estimate of drug-likeness (QED) is 0.650. The van der Waals surface area contributed by atoms with Gasteiger partial charge in [-0.05, 0) is 42.8 Å². The lowest BCUT2D eigenvalue weighted by molar-refractivity contribution is -0.137. The zero-order valence-electron chi connectivity index (χ0n) is 15.1. The summed E-state index contributed by atoms with van der Waals surface area (Å²) < 4.78 is 64.0. The summed E-state index contributed by atoms with van der Waals surface area (Å²) in [6.07, 6.45) is -4.58. The van der Waals surface area contributed by atoms with Crippen LogP contribution in [0.1, 0.15) is 11.1 Å². The highest BCUT2D eigenvalue weighted by Gasteiger charge is 2.54. The third-order valence-corrected chi connectivity index (χ3v) is 7.36. The van der Waals surface area contributed by atoms with E-state index in [-0.39, 0.29) is 17.2 Å². The molecule has 2 atom stereocenters. The topological polar surface area (TPSA) is 57.7 Å². The fraction of sp³-hybridized carbons (Fsp3) is 0.316. The molecular weight excluding hydrogens is 429 g/mol. The van der Waals surface area contributed by atoms with Crippen LogP contribution < -0.4 is 9.80 Å². The van der Waals surface area contributed by atoms with Crippen LogP contribution >= 0.6 is 11.6 Å². The van der Waals surface area contributed by atoms with E-state index < -0.39 is 39.7 Å². The summed E-state index contributed by atoms with van der Waals surface area (Å²) >= 11 is 6.17. The number of urea groups is 1. The minimum Gasteiger partial charge on any atom is -0.288 e. The third kappa shape index (κ3) is 3.46. The maximum atomic E-state index is 13.2. The highest BCUT2D eigenvalue weighted by molar-refractivity contribution is 7.91.